The van der Waals surface area contributed by atoms with Gasteiger partial charge >= 0.3 is 0 Å². The smallest absolute Gasteiger partial charge is 0.217 e. The van der Waals surface area contributed by atoms with Gasteiger partial charge in [-0.3, -0.25) is 4.79 Å². The predicted molar refractivity (Wildman–Crippen MR) is 76.8 cm³/mol. The number of allylic oxidation sites excluding steroid dienone is 1. The minimum atomic E-state index is -0.121. The fourth-order valence-electron chi connectivity index (χ4n) is 2.23. The van der Waals surface area contributed by atoms with Gasteiger partial charge in [0, 0.05) is 13.5 Å². The van der Waals surface area contributed by atoms with Gasteiger partial charge in [-0.25, -0.2) is 4.98 Å². The highest BCUT2D eigenvalue weighted by Gasteiger charge is 2.16. The highest BCUT2D eigenvalue weighted by Crippen LogP contribution is 2.21. The molecule has 2 rings (SSSR count). The average Bonchev–Trinajstić information content (AvgIpc) is 2.67. The average molecular weight is 257 g/mol. The second-order valence-corrected chi connectivity index (χ2v) is 4.92. The van der Waals surface area contributed by atoms with Gasteiger partial charge < -0.3 is 9.88 Å². The number of benzene rings is 1. The number of aromatic nitrogens is 2. The monoisotopic (exact) mass is 257 g/mol. The summed E-state index contributed by atoms with van der Waals surface area (Å²) in [6, 6.07) is 7.85. The Kier molecular flexibility index (Phi) is 3.69. The van der Waals surface area contributed by atoms with Crippen molar-refractivity contribution in [2.24, 2.45) is 0 Å². The first-order valence-corrected chi connectivity index (χ1v) is 6.35. The summed E-state index contributed by atoms with van der Waals surface area (Å²) in [7, 11) is 0. The van der Waals surface area contributed by atoms with Crippen molar-refractivity contribution in [2.45, 2.75) is 33.4 Å². The normalized spacial score (nSPS) is 12.4. The lowest BCUT2D eigenvalue weighted by Crippen LogP contribution is -2.26. The quantitative estimate of drug-likeness (QED) is 0.856. The van der Waals surface area contributed by atoms with E-state index in [4.69, 9.17) is 0 Å². The van der Waals surface area contributed by atoms with Crippen LogP contribution in [-0.4, -0.2) is 15.5 Å². The molecule has 1 amide bonds. The van der Waals surface area contributed by atoms with E-state index < -0.39 is 0 Å². The van der Waals surface area contributed by atoms with Crippen molar-refractivity contribution < 1.29 is 4.79 Å². The highest BCUT2D eigenvalue weighted by atomic mass is 16.1. The van der Waals surface area contributed by atoms with E-state index in [2.05, 4.69) is 21.4 Å². The SMILES string of the molecule is C=C(C)Cn1c([C@@H](C)NC(C)=O)nc2ccccc21. The number of imidazole rings is 1. The Balaban J connectivity index is 2.51. The number of hydrogen-bond acceptors (Lipinski definition) is 2. The molecule has 100 valence electrons. The molecule has 0 saturated heterocycles. The molecule has 1 heterocycles. The van der Waals surface area contributed by atoms with Crippen LogP contribution >= 0.6 is 0 Å². The van der Waals surface area contributed by atoms with Crippen molar-refractivity contribution in [3.8, 4) is 0 Å². The van der Waals surface area contributed by atoms with Gasteiger partial charge in [0.2, 0.25) is 5.91 Å². The van der Waals surface area contributed by atoms with E-state index in [0.717, 1.165) is 22.4 Å². The molecule has 0 spiro atoms. The summed E-state index contributed by atoms with van der Waals surface area (Å²) >= 11 is 0. The van der Waals surface area contributed by atoms with Gasteiger partial charge in [-0.05, 0) is 26.0 Å². The second-order valence-electron chi connectivity index (χ2n) is 4.92. The minimum Gasteiger partial charge on any atom is -0.347 e. The first-order valence-electron chi connectivity index (χ1n) is 6.35. The Labute approximate surface area is 113 Å². The number of nitrogens with one attached hydrogen (secondary N) is 1. The maximum atomic E-state index is 11.2. The van der Waals surface area contributed by atoms with Crippen molar-refractivity contribution in [2.75, 3.05) is 0 Å². The van der Waals surface area contributed by atoms with E-state index >= 15 is 0 Å². The standard InChI is InChI=1S/C15H19N3O/c1-10(2)9-18-14-8-6-5-7-13(14)17-15(18)11(3)16-12(4)19/h5-8,11H,1,9H2,2-4H3,(H,16,19)/t11-/m1/s1. The number of fused-ring (bicyclic) bond motifs is 1. The molecular formula is C15H19N3O. The molecule has 19 heavy (non-hydrogen) atoms. The van der Waals surface area contributed by atoms with Crippen LogP contribution in [0.25, 0.3) is 11.0 Å². The molecule has 0 unspecified atom stereocenters. The van der Waals surface area contributed by atoms with Crippen molar-refractivity contribution in [3.63, 3.8) is 0 Å². The molecule has 0 aliphatic carbocycles. The molecule has 4 heteroatoms. The molecule has 0 aliphatic heterocycles. The maximum Gasteiger partial charge on any atom is 0.217 e. The van der Waals surface area contributed by atoms with Gasteiger partial charge in [0.25, 0.3) is 0 Å². The minimum absolute atomic E-state index is 0.0542. The van der Waals surface area contributed by atoms with E-state index in [1.165, 1.54) is 6.92 Å². The van der Waals surface area contributed by atoms with Crippen molar-refractivity contribution in [3.05, 3.63) is 42.2 Å². The van der Waals surface area contributed by atoms with E-state index in [0.29, 0.717) is 6.54 Å². The maximum absolute atomic E-state index is 11.2. The van der Waals surface area contributed by atoms with Crippen molar-refractivity contribution in [1.29, 1.82) is 0 Å². The number of amides is 1. The molecule has 1 aromatic heterocycles. The molecule has 0 aliphatic rings. The zero-order valence-electron chi connectivity index (χ0n) is 11.6. The lowest BCUT2D eigenvalue weighted by atomic mass is 10.2. The Bertz CT molecular complexity index is 627. The Hall–Kier alpha value is -2.10. The summed E-state index contributed by atoms with van der Waals surface area (Å²) in [4.78, 5) is 15.8. The summed E-state index contributed by atoms with van der Waals surface area (Å²) in [5.41, 5.74) is 3.06. The molecule has 1 N–H and O–H groups in total. The number of nitrogens with zero attached hydrogens (tertiary/aromatic N) is 2. The number of carbonyl (C=O) groups excluding carboxylic acids is 1. The Morgan fingerprint density at radius 1 is 1.42 bits per heavy atom. The lowest BCUT2D eigenvalue weighted by molar-refractivity contribution is -0.119. The zero-order chi connectivity index (χ0) is 14.0. The highest BCUT2D eigenvalue weighted by molar-refractivity contribution is 5.77. The summed E-state index contributed by atoms with van der Waals surface area (Å²) in [5, 5.41) is 2.88. The number of rotatable bonds is 4. The van der Waals surface area contributed by atoms with Gasteiger partial charge in [-0.1, -0.05) is 24.3 Å². The molecule has 0 fully saturated rings. The van der Waals surface area contributed by atoms with Crippen molar-refractivity contribution >= 4 is 16.9 Å². The third-order valence-electron chi connectivity index (χ3n) is 2.92. The topological polar surface area (TPSA) is 46.9 Å². The third-order valence-corrected chi connectivity index (χ3v) is 2.92. The van der Waals surface area contributed by atoms with Crippen LogP contribution in [0.15, 0.2) is 36.4 Å². The number of para-hydroxylation sites is 2. The van der Waals surface area contributed by atoms with E-state index in [-0.39, 0.29) is 11.9 Å². The molecule has 4 nitrogen and oxygen atoms in total. The van der Waals surface area contributed by atoms with Crippen molar-refractivity contribution in [1.82, 2.24) is 14.9 Å². The Morgan fingerprint density at radius 3 is 2.74 bits per heavy atom. The van der Waals surface area contributed by atoms with E-state index in [1.54, 1.807) is 0 Å². The van der Waals surface area contributed by atoms with Gasteiger partial charge in [0.05, 0.1) is 17.1 Å². The van der Waals surface area contributed by atoms with Crippen LogP contribution in [0.4, 0.5) is 0 Å². The van der Waals surface area contributed by atoms with Crippen LogP contribution < -0.4 is 5.32 Å². The predicted octanol–water partition coefficient (Wildman–Crippen LogP) is 2.81. The molecule has 1 atom stereocenters. The first-order chi connectivity index (χ1) is 8.99. The van der Waals surface area contributed by atoms with E-state index in [9.17, 15) is 4.79 Å². The molecule has 2 aromatic rings. The van der Waals surface area contributed by atoms with Gasteiger partial charge in [-0.15, -0.1) is 0 Å². The zero-order valence-corrected chi connectivity index (χ0v) is 11.6. The second kappa shape index (κ2) is 5.26. The largest absolute Gasteiger partial charge is 0.347 e. The third kappa shape index (κ3) is 2.84. The molecule has 0 bridgehead atoms. The summed E-state index contributed by atoms with van der Waals surface area (Å²) in [5.74, 6) is 0.806. The van der Waals surface area contributed by atoms with Crippen LogP contribution in [-0.2, 0) is 11.3 Å². The summed E-state index contributed by atoms with van der Waals surface area (Å²) < 4.78 is 2.11. The van der Waals surface area contributed by atoms with Gasteiger partial charge in [0.15, 0.2) is 0 Å². The fraction of sp³-hybridized carbons (Fsp3) is 0.333. The number of carbonyl (C=O) groups is 1. The molecule has 0 saturated carbocycles. The first kappa shape index (κ1) is 13.3. The van der Waals surface area contributed by atoms with Crippen LogP contribution in [0, 0.1) is 0 Å². The van der Waals surface area contributed by atoms with Gasteiger partial charge in [-0.2, -0.15) is 0 Å². The Morgan fingerprint density at radius 2 is 2.11 bits per heavy atom. The van der Waals surface area contributed by atoms with Crippen LogP contribution in [0.2, 0.25) is 0 Å². The van der Waals surface area contributed by atoms with Crippen LogP contribution in [0.3, 0.4) is 0 Å². The van der Waals surface area contributed by atoms with E-state index in [1.807, 2.05) is 38.1 Å². The molecule has 1 aromatic carbocycles. The van der Waals surface area contributed by atoms with Crippen LogP contribution in [0.5, 0.6) is 0 Å². The molecule has 0 radical (unpaired) electrons. The summed E-state index contributed by atoms with van der Waals surface area (Å²) in [6.07, 6.45) is 0. The summed E-state index contributed by atoms with van der Waals surface area (Å²) in [6.45, 7) is 10.1. The fourth-order valence-corrected chi connectivity index (χ4v) is 2.23. The van der Waals surface area contributed by atoms with Crippen LogP contribution in [0.1, 0.15) is 32.6 Å². The molecular weight excluding hydrogens is 238 g/mol. The van der Waals surface area contributed by atoms with Gasteiger partial charge in [0.1, 0.15) is 5.82 Å². The lowest BCUT2D eigenvalue weighted by Gasteiger charge is -2.15. The number of hydrogen-bond donors (Lipinski definition) is 1.